The van der Waals surface area contributed by atoms with Crippen LogP contribution in [0.25, 0.3) is 0 Å². The van der Waals surface area contributed by atoms with Gasteiger partial charge in [0.2, 0.25) is 10.0 Å². The highest BCUT2D eigenvalue weighted by Gasteiger charge is 2.33. The molecule has 0 aromatic heterocycles. The number of hydrogen-bond donors (Lipinski definition) is 0. The average molecular weight is 352 g/mol. The number of aryl methyl sites for hydroxylation is 1. The topological polar surface area (TPSA) is 66.9 Å². The molecule has 132 valence electrons. The van der Waals surface area contributed by atoms with Gasteiger partial charge in [0.1, 0.15) is 6.10 Å². The lowest BCUT2D eigenvalue weighted by Crippen LogP contribution is -2.52. The summed E-state index contributed by atoms with van der Waals surface area (Å²) in [6.45, 7) is 4.17. The zero-order valence-corrected chi connectivity index (χ0v) is 14.8. The molecule has 1 unspecified atom stereocenters. The highest BCUT2D eigenvalue weighted by atomic mass is 32.2. The Kier molecular flexibility index (Phi) is 5.22. The van der Waals surface area contributed by atoms with Crippen molar-refractivity contribution in [3.05, 3.63) is 35.4 Å². The Morgan fingerprint density at radius 3 is 2.62 bits per heavy atom. The zero-order chi connectivity index (χ0) is 17.2. The van der Waals surface area contributed by atoms with Gasteiger partial charge in [-0.1, -0.05) is 29.8 Å². The molecule has 1 atom stereocenters. The Hall–Kier alpha value is -1.44. The minimum atomic E-state index is -3.36. The standard InChI is InChI=1S/C17H24N2O4S/c1-14-4-2-5-15(12-14)13-24(21,22)19-9-7-18(8-10-19)17(20)16-6-3-11-23-16/h2,4-5,12,16H,3,6-11,13H2,1H3. The number of sulfonamides is 1. The Morgan fingerprint density at radius 2 is 2.00 bits per heavy atom. The van der Waals surface area contributed by atoms with Gasteiger partial charge in [-0.3, -0.25) is 4.79 Å². The number of carbonyl (C=O) groups excluding carboxylic acids is 1. The Morgan fingerprint density at radius 1 is 1.25 bits per heavy atom. The van der Waals surface area contributed by atoms with Crippen LogP contribution >= 0.6 is 0 Å². The third-order valence-electron chi connectivity index (χ3n) is 4.58. The molecule has 0 saturated carbocycles. The molecule has 2 aliphatic rings. The van der Waals surface area contributed by atoms with E-state index in [4.69, 9.17) is 4.74 Å². The predicted molar refractivity (Wildman–Crippen MR) is 90.9 cm³/mol. The van der Waals surface area contributed by atoms with E-state index in [1.54, 1.807) is 4.90 Å². The number of carbonyl (C=O) groups is 1. The van der Waals surface area contributed by atoms with E-state index in [2.05, 4.69) is 0 Å². The van der Waals surface area contributed by atoms with E-state index in [9.17, 15) is 13.2 Å². The number of hydrogen-bond acceptors (Lipinski definition) is 4. The van der Waals surface area contributed by atoms with Crippen molar-refractivity contribution in [3.8, 4) is 0 Å². The first-order chi connectivity index (χ1) is 11.5. The van der Waals surface area contributed by atoms with Crippen LogP contribution in [0.1, 0.15) is 24.0 Å². The molecule has 0 N–H and O–H groups in total. The maximum atomic E-state index is 12.6. The van der Waals surface area contributed by atoms with E-state index in [-0.39, 0.29) is 17.8 Å². The van der Waals surface area contributed by atoms with Crippen LogP contribution in [0.4, 0.5) is 0 Å². The Labute approximate surface area is 143 Å². The van der Waals surface area contributed by atoms with Crippen molar-refractivity contribution >= 4 is 15.9 Å². The van der Waals surface area contributed by atoms with E-state index in [0.29, 0.717) is 32.8 Å². The molecule has 0 bridgehead atoms. The van der Waals surface area contributed by atoms with Crippen molar-refractivity contribution in [1.29, 1.82) is 0 Å². The molecule has 2 fully saturated rings. The highest BCUT2D eigenvalue weighted by Crippen LogP contribution is 2.18. The van der Waals surface area contributed by atoms with Crippen molar-refractivity contribution < 1.29 is 17.9 Å². The lowest BCUT2D eigenvalue weighted by atomic mass is 10.2. The second kappa shape index (κ2) is 7.21. The number of piperazine rings is 1. The molecule has 7 heteroatoms. The van der Waals surface area contributed by atoms with E-state index in [0.717, 1.165) is 24.0 Å². The van der Waals surface area contributed by atoms with E-state index < -0.39 is 10.0 Å². The third kappa shape index (κ3) is 3.96. The summed E-state index contributed by atoms with van der Waals surface area (Å²) in [5, 5.41) is 0. The first-order valence-electron chi connectivity index (χ1n) is 8.39. The summed E-state index contributed by atoms with van der Waals surface area (Å²) < 4.78 is 32.1. The highest BCUT2D eigenvalue weighted by molar-refractivity contribution is 7.88. The summed E-state index contributed by atoms with van der Waals surface area (Å²) in [4.78, 5) is 14.0. The fourth-order valence-corrected chi connectivity index (χ4v) is 4.77. The minimum absolute atomic E-state index is 0.00299. The first kappa shape index (κ1) is 17.4. The summed E-state index contributed by atoms with van der Waals surface area (Å²) in [6.07, 6.45) is 1.35. The molecular weight excluding hydrogens is 328 g/mol. The van der Waals surface area contributed by atoms with E-state index in [1.807, 2.05) is 31.2 Å². The van der Waals surface area contributed by atoms with Gasteiger partial charge in [-0.25, -0.2) is 8.42 Å². The van der Waals surface area contributed by atoms with Crippen molar-refractivity contribution in [3.63, 3.8) is 0 Å². The third-order valence-corrected chi connectivity index (χ3v) is 6.43. The lowest BCUT2D eigenvalue weighted by molar-refractivity contribution is -0.142. The molecule has 1 aromatic rings. The van der Waals surface area contributed by atoms with Crippen molar-refractivity contribution in [2.24, 2.45) is 0 Å². The Balaban J connectivity index is 1.58. The second-order valence-electron chi connectivity index (χ2n) is 6.47. The normalized spacial score (nSPS) is 22.7. The predicted octanol–water partition coefficient (Wildman–Crippen LogP) is 1.15. The van der Waals surface area contributed by atoms with E-state index in [1.165, 1.54) is 4.31 Å². The maximum absolute atomic E-state index is 12.6. The van der Waals surface area contributed by atoms with Crippen LogP contribution in [0, 0.1) is 6.92 Å². The molecule has 0 radical (unpaired) electrons. The quantitative estimate of drug-likeness (QED) is 0.815. The fourth-order valence-electron chi connectivity index (χ4n) is 3.27. The second-order valence-corrected chi connectivity index (χ2v) is 8.44. The van der Waals surface area contributed by atoms with Gasteiger partial charge in [-0.15, -0.1) is 0 Å². The molecule has 0 spiro atoms. The van der Waals surface area contributed by atoms with E-state index >= 15 is 0 Å². The SMILES string of the molecule is Cc1cccc(CS(=O)(=O)N2CCN(C(=O)C3CCCO3)CC2)c1. The van der Waals surface area contributed by atoms with Crippen LogP contribution in [0.15, 0.2) is 24.3 Å². The van der Waals surface area contributed by atoms with Gasteiger partial charge in [0.25, 0.3) is 5.91 Å². The molecule has 2 aliphatic heterocycles. The molecule has 0 aliphatic carbocycles. The van der Waals surface area contributed by atoms with Crippen LogP contribution in [0.3, 0.4) is 0 Å². The van der Waals surface area contributed by atoms with Crippen LogP contribution in [-0.2, 0) is 25.3 Å². The molecule has 24 heavy (non-hydrogen) atoms. The number of amides is 1. The smallest absolute Gasteiger partial charge is 0.251 e. The maximum Gasteiger partial charge on any atom is 0.251 e. The van der Waals surface area contributed by atoms with Gasteiger partial charge >= 0.3 is 0 Å². The molecule has 3 rings (SSSR count). The Bertz CT molecular complexity index is 690. The van der Waals surface area contributed by atoms with Gasteiger partial charge < -0.3 is 9.64 Å². The monoisotopic (exact) mass is 352 g/mol. The van der Waals surface area contributed by atoms with Crippen LogP contribution in [0.2, 0.25) is 0 Å². The molecular formula is C17H24N2O4S. The van der Waals surface area contributed by atoms with Crippen molar-refractivity contribution in [2.45, 2.75) is 31.6 Å². The molecule has 1 aromatic carbocycles. The van der Waals surface area contributed by atoms with Crippen LogP contribution in [-0.4, -0.2) is 62.4 Å². The average Bonchev–Trinajstić information content (AvgIpc) is 3.08. The summed E-state index contributed by atoms with van der Waals surface area (Å²) >= 11 is 0. The molecule has 1 amide bonds. The summed E-state index contributed by atoms with van der Waals surface area (Å²) in [5.74, 6) is 0.0113. The van der Waals surface area contributed by atoms with Gasteiger partial charge in [0.05, 0.1) is 5.75 Å². The first-order valence-corrected chi connectivity index (χ1v) is 10.0. The molecule has 6 nitrogen and oxygen atoms in total. The number of benzene rings is 1. The van der Waals surface area contributed by atoms with Gasteiger partial charge in [-0.2, -0.15) is 4.31 Å². The summed E-state index contributed by atoms with van der Waals surface area (Å²) in [6, 6.07) is 7.56. The molecule has 2 heterocycles. The van der Waals surface area contributed by atoms with Crippen LogP contribution in [0.5, 0.6) is 0 Å². The summed E-state index contributed by atoms with van der Waals surface area (Å²) in [7, 11) is -3.36. The van der Waals surface area contributed by atoms with Crippen molar-refractivity contribution in [1.82, 2.24) is 9.21 Å². The van der Waals surface area contributed by atoms with Gasteiger partial charge in [-0.05, 0) is 25.3 Å². The lowest BCUT2D eigenvalue weighted by Gasteiger charge is -2.35. The molecule has 2 saturated heterocycles. The number of nitrogens with zero attached hydrogens (tertiary/aromatic N) is 2. The number of ether oxygens (including phenoxy) is 1. The minimum Gasteiger partial charge on any atom is -0.368 e. The van der Waals surface area contributed by atoms with Crippen LogP contribution < -0.4 is 0 Å². The largest absolute Gasteiger partial charge is 0.368 e. The van der Waals surface area contributed by atoms with Gasteiger partial charge in [0, 0.05) is 32.8 Å². The zero-order valence-electron chi connectivity index (χ0n) is 14.0. The number of rotatable bonds is 4. The fraction of sp³-hybridized carbons (Fsp3) is 0.588. The van der Waals surface area contributed by atoms with Crippen molar-refractivity contribution in [2.75, 3.05) is 32.8 Å². The van der Waals surface area contributed by atoms with Gasteiger partial charge in [0.15, 0.2) is 0 Å². The summed E-state index contributed by atoms with van der Waals surface area (Å²) in [5.41, 5.74) is 1.85.